The molecule has 12 rings (SSSR count). The Morgan fingerprint density at radius 2 is 0.553 bits per heavy atom. The molecule has 8 atom stereocenters. The lowest BCUT2D eigenvalue weighted by Crippen LogP contribution is -2.54. The second kappa shape index (κ2) is 17.8. The minimum atomic E-state index is -0.170. The van der Waals surface area contributed by atoms with Crippen molar-refractivity contribution < 1.29 is 37.9 Å². The van der Waals surface area contributed by atoms with Crippen molar-refractivity contribution in [3.8, 4) is 0 Å². The van der Waals surface area contributed by atoms with Gasteiger partial charge >= 0.3 is 0 Å². The van der Waals surface area contributed by atoms with E-state index in [1.165, 1.54) is 0 Å². The Balaban J connectivity index is 1.02. The molecule has 12 aliphatic rings. The third-order valence-corrected chi connectivity index (χ3v) is 13.4. The lowest BCUT2D eigenvalue weighted by Gasteiger charge is -2.41. The van der Waals surface area contributed by atoms with Gasteiger partial charge in [0.25, 0.3) is 0 Å². The maximum Gasteiger partial charge on any atom is 0.167 e. The molecule has 0 amide bonds. The standard InChI is InChI=1S/C24H40O8S6/c1-5-35-13-21-25-9-18-17(29-21)10-27-23(31-18)15-37-7-3-34-4-8-38-16-24-28-12-19-20(32-24)11-26-22(30-19)14-36-6-2-33-1/h17-24H,1-16H2/t17-,18-,19-,20-,21+,22+,23+,24+/m0/s1. The second-order valence-corrected chi connectivity index (χ2v) is 16.3. The SMILES string of the molecule is C1CSC[C@@H]2OC[C@@H]3O[C@H](CSCCSCCSC[C@@H]4OC[C@@H]5O[C@H](CSCCS1)OC[C@@H]5O4)OC[C@@H]3O2. The van der Waals surface area contributed by atoms with Crippen molar-refractivity contribution in [2.75, 3.05) is 95.5 Å². The van der Waals surface area contributed by atoms with E-state index in [2.05, 4.69) is 0 Å². The van der Waals surface area contributed by atoms with Gasteiger partial charge < -0.3 is 37.9 Å². The first-order valence-corrected chi connectivity index (χ1v) is 20.3. The van der Waals surface area contributed by atoms with Crippen LogP contribution >= 0.6 is 70.6 Å². The zero-order valence-corrected chi connectivity index (χ0v) is 26.5. The lowest BCUT2D eigenvalue weighted by molar-refractivity contribution is -0.326. The van der Waals surface area contributed by atoms with E-state index in [4.69, 9.17) is 37.9 Å². The summed E-state index contributed by atoms with van der Waals surface area (Å²) in [6.07, 6.45) is -0.775. The summed E-state index contributed by atoms with van der Waals surface area (Å²) in [4.78, 5) is 0. The van der Waals surface area contributed by atoms with Gasteiger partial charge in [0.15, 0.2) is 25.2 Å². The first-order chi connectivity index (χ1) is 18.8. The Morgan fingerprint density at radius 1 is 0.316 bits per heavy atom. The van der Waals surface area contributed by atoms with Gasteiger partial charge in [-0.25, -0.2) is 0 Å². The van der Waals surface area contributed by atoms with Crippen molar-refractivity contribution in [2.24, 2.45) is 0 Å². The van der Waals surface area contributed by atoms with Gasteiger partial charge in [-0.3, -0.25) is 0 Å². The molecular formula is C24H40O8S6. The third-order valence-electron chi connectivity index (χ3n) is 6.42. The van der Waals surface area contributed by atoms with Gasteiger partial charge in [0.2, 0.25) is 0 Å². The molecule has 0 radical (unpaired) electrons. The minimum absolute atomic E-state index is 0.0237. The van der Waals surface area contributed by atoms with Gasteiger partial charge in [0.05, 0.1) is 26.4 Å². The lowest BCUT2D eigenvalue weighted by atomic mass is 10.2. The molecule has 14 heteroatoms. The molecule has 0 aromatic carbocycles. The van der Waals surface area contributed by atoms with E-state index in [1.54, 1.807) is 0 Å². The van der Waals surface area contributed by atoms with Crippen LogP contribution in [0.25, 0.3) is 0 Å². The highest BCUT2D eigenvalue weighted by molar-refractivity contribution is 8.05. The van der Waals surface area contributed by atoms with Crippen LogP contribution in [0.4, 0.5) is 0 Å². The van der Waals surface area contributed by atoms with Crippen LogP contribution in [-0.4, -0.2) is 145 Å². The Morgan fingerprint density at radius 3 is 0.816 bits per heavy atom. The van der Waals surface area contributed by atoms with Gasteiger partial charge in [-0.05, 0) is 0 Å². The van der Waals surface area contributed by atoms with Crippen LogP contribution in [0.15, 0.2) is 0 Å². The van der Waals surface area contributed by atoms with E-state index in [9.17, 15) is 0 Å². The van der Waals surface area contributed by atoms with Crippen molar-refractivity contribution in [1.29, 1.82) is 0 Å². The van der Waals surface area contributed by atoms with Crippen molar-refractivity contribution >= 4 is 70.6 Å². The largest absolute Gasteiger partial charge is 0.349 e. The summed E-state index contributed by atoms with van der Waals surface area (Å²) in [5.41, 5.74) is 0. The summed E-state index contributed by atoms with van der Waals surface area (Å²) >= 11 is 11.5. The fraction of sp³-hybridized carbons (Fsp3) is 1.00. The van der Waals surface area contributed by atoms with E-state index in [-0.39, 0.29) is 49.6 Å². The Bertz CT molecular complexity index is 565. The summed E-state index contributed by atoms with van der Waals surface area (Å²) in [6.45, 7) is 2.36. The molecular weight excluding hydrogens is 609 g/mol. The monoisotopic (exact) mass is 648 g/mol. The molecule has 12 heterocycles. The smallest absolute Gasteiger partial charge is 0.167 e. The quantitative estimate of drug-likeness (QED) is 0.386. The molecule has 220 valence electrons. The Hall–Kier alpha value is 1.78. The van der Waals surface area contributed by atoms with Gasteiger partial charge in [-0.2, -0.15) is 70.6 Å². The highest BCUT2D eigenvalue weighted by atomic mass is 32.2. The molecule has 12 aliphatic heterocycles. The van der Waals surface area contributed by atoms with Crippen LogP contribution in [0.3, 0.4) is 0 Å². The maximum absolute atomic E-state index is 6.12. The molecule has 0 aliphatic carbocycles. The summed E-state index contributed by atoms with van der Waals surface area (Å²) in [6, 6.07) is 0. The van der Waals surface area contributed by atoms with Crippen LogP contribution in [0.5, 0.6) is 0 Å². The van der Waals surface area contributed by atoms with Gasteiger partial charge in [0, 0.05) is 69.0 Å². The summed E-state index contributed by atoms with van der Waals surface area (Å²) in [7, 11) is 0. The van der Waals surface area contributed by atoms with Crippen LogP contribution in [0.1, 0.15) is 0 Å². The van der Waals surface area contributed by atoms with Crippen molar-refractivity contribution in [2.45, 2.75) is 49.6 Å². The summed E-state index contributed by atoms with van der Waals surface area (Å²) in [5, 5.41) is 0. The van der Waals surface area contributed by atoms with Crippen LogP contribution in [0, 0.1) is 0 Å². The summed E-state index contributed by atoms with van der Waals surface area (Å²) in [5.74, 6) is 12.3. The van der Waals surface area contributed by atoms with E-state index >= 15 is 0 Å². The molecule has 0 unspecified atom stereocenters. The Labute approximate surface area is 252 Å². The van der Waals surface area contributed by atoms with Gasteiger partial charge in [0.1, 0.15) is 24.4 Å². The van der Waals surface area contributed by atoms with Crippen molar-refractivity contribution in [3.05, 3.63) is 0 Å². The molecule has 12 fully saturated rings. The van der Waals surface area contributed by atoms with Crippen LogP contribution in [-0.2, 0) is 37.9 Å². The van der Waals surface area contributed by atoms with Gasteiger partial charge in [-0.15, -0.1) is 0 Å². The average Bonchev–Trinajstić information content (AvgIpc) is 2.94. The molecule has 38 heavy (non-hydrogen) atoms. The first-order valence-electron chi connectivity index (χ1n) is 13.4. The maximum atomic E-state index is 6.12. The number of rotatable bonds is 0. The normalized spacial score (nSPS) is 41.7. The number of thioether (sulfide) groups is 6. The predicted octanol–water partition coefficient (Wildman–Crippen LogP) is 3.37. The minimum Gasteiger partial charge on any atom is -0.349 e. The number of hydrogen-bond acceptors (Lipinski definition) is 14. The molecule has 0 aromatic heterocycles. The third kappa shape index (κ3) is 10.5. The van der Waals surface area contributed by atoms with E-state index < -0.39 is 0 Å². The van der Waals surface area contributed by atoms with E-state index in [0.717, 1.165) is 69.0 Å². The predicted molar refractivity (Wildman–Crippen MR) is 162 cm³/mol. The van der Waals surface area contributed by atoms with Gasteiger partial charge in [-0.1, -0.05) is 0 Å². The zero-order chi connectivity index (χ0) is 25.8. The van der Waals surface area contributed by atoms with Crippen molar-refractivity contribution in [1.82, 2.24) is 0 Å². The molecule has 0 spiro atoms. The molecule has 0 saturated carbocycles. The molecule has 12 saturated heterocycles. The molecule has 8 nitrogen and oxygen atoms in total. The fourth-order valence-corrected chi connectivity index (χ4v) is 10.7. The first kappa shape index (κ1) is 31.2. The highest BCUT2D eigenvalue weighted by Crippen LogP contribution is 2.28. The molecule has 8 bridgehead atoms. The zero-order valence-electron chi connectivity index (χ0n) is 21.6. The fourth-order valence-electron chi connectivity index (χ4n) is 4.43. The molecule has 0 N–H and O–H groups in total. The topological polar surface area (TPSA) is 73.8 Å². The van der Waals surface area contributed by atoms with Crippen LogP contribution in [0.2, 0.25) is 0 Å². The highest BCUT2D eigenvalue weighted by Gasteiger charge is 2.39. The summed E-state index contributed by atoms with van der Waals surface area (Å²) < 4.78 is 48.3. The van der Waals surface area contributed by atoms with Crippen molar-refractivity contribution in [3.63, 3.8) is 0 Å². The van der Waals surface area contributed by atoms with E-state index in [1.807, 2.05) is 70.6 Å². The second-order valence-electron chi connectivity index (χ2n) is 9.27. The number of ether oxygens (including phenoxy) is 8. The Kier molecular flexibility index (Phi) is 14.6. The van der Waals surface area contributed by atoms with Crippen LogP contribution < -0.4 is 0 Å². The number of hydrogen-bond donors (Lipinski definition) is 0. The average molecular weight is 649 g/mol. The van der Waals surface area contributed by atoms with E-state index in [0.29, 0.717) is 26.4 Å². The molecule has 0 aromatic rings.